The van der Waals surface area contributed by atoms with Crippen molar-refractivity contribution in [2.45, 2.75) is 135 Å². The minimum Gasteiger partial charge on any atom is -0.446 e. The fourth-order valence-corrected chi connectivity index (χ4v) is 6.07. The molecular weight excluding hydrogens is 386 g/mol. The lowest BCUT2D eigenvalue weighted by molar-refractivity contribution is -0.00740. The van der Waals surface area contributed by atoms with Crippen LogP contribution in [0.15, 0.2) is 0 Å². The van der Waals surface area contributed by atoms with Gasteiger partial charge in [0.15, 0.2) is 0 Å². The third-order valence-electron chi connectivity index (χ3n) is 8.39. The normalized spacial score (nSPS) is 29.8. The van der Waals surface area contributed by atoms with Crippen molar-refractivity contribution in [3.8, 4) is 0 Å². The van der Waals surface area contributed by atoms with Gasteiger partial charge >= 0.3 is 6.09 Å². The Kier molecular flexibility index (Phi) is 12.2. The quantitative estimate of drug-likeness (QED) is 0.334. The van der Waals surface area contributed by atoms with E-state index in [0.717, 1.165) is 37.5 Å². The van der Waals surface area contributed by atoms with Gasteiger partial charge in [0.25, 0.3) is 0 Å². The third kappa shape index (κ3) is 9.69. The molecule has 0 aromatic carbocycles. The van der Waals surface area contributed by atoms with E-state index in [4.69, 9.17) is 21.9 Å². The predicted molar refractivity (Wildman–Crippen MR) is 130 cm³/mol. The van der Waals surface area contributed by atoms with Crippen molar-refractivity contribution >= 4 is 6.09 Å². The standard InChI is InChI=1S/C26H51N3O2/c1-3-23(27)9-5-7-19-11-15-21(16-12-19)25(31-26(29)30)22-17-13-20(14-18-22)8-6-10-24(28)4-2/h19-25H,3-18,27-28H2,1-2H3,(H2,29,30). The van der Waals surface area contributed by atoms with Crippen LogP contribution in [0.3, 0.4) is 0 Å². The average Bonchev–Trinajstić information content (AvgIpc) is 2.78. The van der Waals surface area contributed by atoms with Crippen molar-refractivity contribution in [2.75, 3.05) is 0 Å². The summed E-state index contributed by atoms with van der Waals surface area (Å²) in [5.41, 5.74) is 17.6. The van der Waals surface area contributed by atoms with Gasteiger partial charge in [0, 0.05) is 12.1 Å². The molecule has 0 saturated heterocycles. The van der Waals surface area contributed by atoms with Gasteiger partial charge in [-0.25, -0.2) is 4.79 Å². The summed E-state index contributed by atoms with van der Waals surface area (Å²) in [4.78, 5) is 11.7. The fraction of sp³-hybridized carbons (Fsp3) is 0.962. The lowest BCUT2D eigenvalue weighted by Gasteiger charge is -2.40. The summed E-state index contributed by atoms with van der Waals surface area (Å²) in [6.07, 6.45) is 18.8. The zero-order valence-corrected chi connectivity index (χ0v) is 20.4. The van der Waals surface area contributed by atoms with E-state index in [2.05, 4.69) is 13.8 Å². The number of carbonyl (C=O) groups is 1. The molecule has 0 aliphatic heterocycles. The van der Waals surface area contributed by atoms with Crippen LogP contribution in [0, 0.1) is 23.7 Å². The first-order chi connectivity index (χ1) is 14.9. The van der Waals surface area contributed by atoms with Crippen LogP contribution in [0.5, 0.6) is 0 Å². The van der Waals surface area contributed by atoms with Gasteiger partial charge in [-0.2, -0.15) is 0 Å². The molecule has 2 aliphatic rings. The smallest absolute Gasteiger partial charge is 0.404 e. The molecule has 0 heterocycles. The number of rotatable bonds is 13. The number of nitrogens with two attached hydrogens (primary N) is 3. The van der Waals surface area contributed by atoms with Crippen LogP contribution in [-0.4, -0.2) is 24.3 Å². The molecule has 0 radical (unpaired) electrons. The van der Waals surface area contributed by atoms with Crippen LogP contribution in [0.25, 0.3) is 0 Å². The second-order valence-electron chi connectivity index (χ2n) is 10.7. The van der Waals surface area contributed by atoms with Crippen LogP contribution in [-0.2, 0) is 4.74 Å². The first kappa shape index (κ1) is 26.4. The summed E-state index contributed by atoms with van der Waals surface area (Å²) < 4.78 is 5.76. The van der Waals surface area contributed by atoms with E-state index in [9.17, 15) is 4.79 Å². The van der Waals surface area contributed by atoms with E-state index in [1.54, 1.807) is 0 Å². The fourth-order valence-electron chi connectivity index (χ4n) is 6.07. The molecule has 0 bridgehead atoms. The Labute approximate surface area is 191 Å². The van der Waals surface area contributed by atoms with Crippen molar-refractivity contribution in [3.05, 3.63) is 0 Å². The Morgan fingerprint density at radius 3 is 1.48 bits per heavy atom. The van der Waals surface area contributed by atoms with Gasteiger partial charge in [-0.3, -0.25) is 0 Å². The van der Waals surface area contributed by atoms with E-state index < -0.39 is 6.09 Å². The van der Waals surface area contributed by atoms with Gasteiger partial charge in [0.1, 0.15) is 6.10 Å². The Morgan fingerprint density at radius 2 is 1.16 bits per heavy atom. The van der Waals surface area contributed by atoms with Gasteiger partial charge < -0.3 is 21.9 Å². The maximum absolute atomic E-state index is 11.7. The molecule has 182 valence electrons. The molecule has 31 heavy (non-hydrogen) atoms. The van der Waals surface area contributed by atoms with Crippen LogP contribution >= 0.6 is 0 Å². The van der Waals surface area contributed by atoms with Crippen molar-refractivity contribution in [3.63, 3.8) is 0 Å². The number of hydrogen-bond donors (Lipinski definition) is 3. The second-order valence-corrected chi connectivity index (χ2v) is 10.7. The summed E-state index contributed by atoms with van der Waals surface area (Å²) in [6, 6.07) is 0.728. The largest absolute Gasteiger partial charge is 0.446 e. The third-order valence-corrected chi connectivity index (χ3v) is 8.39. The molecule has 2 unspecified atom stereocenters. The highest BCUT2D eigenvalue weighted by Gasteiger charge is 2.37. The van der Waals surface area contributed by atoms with E-state index in [0.29, 0.717) is 23.9 Å². The number of hydrogen-bond acceptors (Lipinski definition) is 4. The van der Waals surface area contributed by atoms with Crippen LogP contribution in [0.1, 0.15) is 117 Å². The number of primary amides is 1. The van der Waals surface area contributed by atoms with Gasteiger partial charge in [-0.05, 0) is 75.0 Å². The molecule has 2 fully saturated rings. The average molecular weight is 438 g/mol. The summed E-state index contributed by atoms with van der Waals surface area (Å²) in [5.74, 6) is 2.62. The summed E-state index contributed by atoms with van der Waals surface area (Å²) in [7, 11) is 0. The minimum absolute atomic E-state index is 0.0291. The van der Waals surface area contributed by atoms with E-state index in [1.807, 2.05) is 0 Å². The maximum atomic E-state index is 11.7. The molecule has 0 aromatic heterocycles. The Morgan fingerprint density at radius 1 is 0.774 bits per heavy atom. The van der Waals surface area contributed by atoms with Gasteiger partial charge in [-0.1, -0.05) is 65.2 Å². The molecule has 2 rings (SSSR count). The maximum Gasteiger partial charge on any atom is 0.404 e. The lowest BCUT2D eigenvalue weighted by Crippen LogP contribution is -2.39. The first-order valence-corrected chi connectivity index (χ1v) is 13.4. The first-order valence-electron chi connectivity index (χ1n) is 13.4. The molecule has 2 saturated carbocycles. The molecule has 1 amide bonds. The van der Waals surface area contributed by atoms with Crippen molar-refractivity contribution in [1.29, 1.82) is 0 Å². The zero-order valence-electron chi connectivity index (χ0n) is 20.4. The van der Waals surface area contributed by atoms with Gasteiger partial charge in [0.05, 0.1) is 0 Å². The van der Waals surface area contributed by atoms with Crippen LogP contribution < -0.4 is 17.2 Å². The highest BCUT2D eigenvalue weighted by atomic mass is 16.6. The summed E-state index contributed by atoms with van der Waals surface area (Å²) in [6.45, 7) is 4.34. The van der Waals surface area contributed by atoms with Crippen molar-refractivity contribution in [2.24, 2.45) is 40.9 Å². The van der Waals surface area contributed by atoms with Gasteiger partial charge in [-0.15, -0.1) is 0 Å². The second kappa shape index (κ2) is 14.4. The lowest BCUT2D eigenvalue weighted by atomic mass is 9.70. The van der Waals surface area contributed by atoms with E-state index in [1.165, 1.54) is 77.0 Å². The minimum atomic E-state index is -0.587. The SMILES string of the molecule is CCC(N)CCCC1CCC(C(OC(N)=O)C2CCC(CCCC(N)CC)CC2)CC1. The Balaban J connectivity index is 1.75. The van der Waals surface area contributed by atoms with Crippen LogP contribution in [0.2, 0.25) is 0 Å². The highest BCUT2D eigenvalue weighted by molar-refractivity contribution is 5.64. The zero-order chi connectivity index (χ0) is 22.6. The molecule has 2 aliphatic carbocycles. The number of amides is 1. The molecular formula is C26H51N3O2. The summed E-state index contributed by atoms with van der Waals surface area (Å²) in [5, 5.41) is 0. The predicted octanol–water partition coefficient (Wildman–Crippen LogP) is 5.88. The molecule has 6 N–H and O–H groups in total. The molecule has 5 heteroatoms. The van der Waals surface area contributed by atoms with Crippen molar-refractivity contribution in [1.82, 2.24) is 0 Å². The van der Waals surface area contributed by atoms with Crippen molar-refractivity contribution < 1.29 is 9.53 Å². The van der Waals surface area contributed by atoms with Gasteiger partial charge in [0.2, 0.25) is 0 Å². The molecule has 5 nitrogen and oxygen atoms in total. The van der Waals surface area contributed by atoms with E-state index in [-0.39, 0.29) is 6.10 Å². The molecule has 0 spiro atoms. The monoisotopic (exact) mass is 437 g/mol. The highest BCUT2D eigenvalue weighted by Crippen LogP contribution is 2.42. The number of carbonyl (C=O) groups excluding carboxylic acids is 1. The Bertz CT molecular complexity index is 449. The Hall–Kier alpha value is -0.810. The summed E-state index contributed by atoms with van der Waals surface area (Å²) >= 11 is 0. The van der Waals surface area contributed by atoms with E-state index >= 15 is 0 Å². The topological polar surface area (TPSA) is 104 Å². The molecule has 0 aromatic rings. The molecule has 2 atom stereocenters. The number of ether oxygens (including phenoxy) is 1. The van der Waals surface area contributed by atoms with Crippen LogP contribution in [0.4, 0.5) is 4.79 Å².